The van der Waals surface area contributed by atoms with Gasteiger partial charge in [0.05, 0.1) is 7.11 Å². The lowest BCUT2D eigenvalue weighted by Crippen LogP contribution is -2.12. The number of halogens is 3. The number of hydrogen-bond donors (Lipinski definition) is 2. The van der Waals surface area contributed by atoms with Crippen LogP contribution in [0, 0.1) is 5.82 Å². The molecule has 9 heteroatoms. The summed E-state index contributed by atoms with van der Waals surface area (Å²) in [6.45, 7) is -3.06. The third-order valence-corrected chi connectivity index (χ3v) is 3.56. The minimum atomic E-state index is -3.06. The molecule has 25 heavy (non-hydrogen) atoms. The number of H-pyrrole nitrogens is 1. The Morgan fingerprint density at radius 3 is 2.68 bits per heavy atom. The van der Waals surface area contributed by atoms with Gasteiger partial charge in [0.25, 0.3) is 0 Å². The molecule has 3 N–H and O–H groups in total. The Balaban J connectivity index is 2.29. The molecule has 0 atom stereocenters. The van der Waals surface area contributed by atoms with Crippen molar-refractivity contribution >= 4 is 16.8 Å². The van der Waals surface area contributed by atoms with Crippen molar-refractivity contribution < 1.29 is 27.4 Å². The van der Waals surface area contributed by atoms with E-state index in [0.717, 1.165) is 12.1 Å². The van der Waals surface area contributed by atoms with E-state index in [9.17, 15) is 18.0 Å². The van der Waals surface area contributed by atoms with E-state index in [1.54, 1.807) is 0 Å². The highest BCUT2D eigenvalue weighted by molar-refractivity contribution is 6.05. The average molecular weight is 351 g/mol. The maximum atomic E-state index is 13.7. The fourth-order valence-electron chi connectivity index (χ4n) is 2.50. The molecule has 3 rings (SSSR count). The van der Waals surface area contributed by atoms with E-state index >= 15 is 0 Å². The molecule has 0 saturated heterocycles. The number of nitrogens with two attached hydrogens (primary N) is 1. The lowest BCUT2D eigenvalue weighted by molar-refractivity contribution is -0.0490. The van der Waals surface area contributed by atoms with Gasteiger partial charge in [-0.1, -0.05) is 0 Å². The van der Waals surface area contributed by atoms with Crippen molar-refractivity contribution in [1.82, 2.24) is 10.2 Å². The van der Waals surface area contributed by atoms with Crippen molar-refractivity contribution in [1.29, 1.82) is 0 Å². The largest absolute Gasteiger partial charge is 0.497 e. The number of methoxy groups -OCH3 is 1. The number of carbonyl (C=O) groups is 1. The van der Waals surface area contributed by atoms with Crippen LogP contribution in [0.4, 0.5) is 13.2 Å². The Kier molecular flexibility index (Phi) is 4.22. The summed E-state index contributed by atoms with van der Waals surface area (Å²) in [5, 5.41) is 6.88. The molecule has 3 aromatic rings. The molecule has 2 aromatic carbocycles. The number of rotatable bonds is 5. The third kappa shape index (κ3) is 3.08. The summed E-state index contributed by atoms with van der Waals surface area (Å²) in [5.74, 6) is -1.36. The predicted molar refractivity (Wildman–Crippen MR) is 83.2 cm³/mol. The van der Waals surface area contributed by atoms with Crippen LogP contribution in [-0.4, -0.2) is 29.8 Å². The maximum Gasteiger partial charge on any atom is 0.387 e. The van der Waals surface area contributed by atoms with Gasteiger partial charge in [-0.25, -0.2) is 4.39 Å². The number of aromatic amines is 1. The fraction of sp³-hybridized carbons (Fsp3) is 0.125. The number of benzene rings is 2. The highest BCUT2D eigenvalue weighted by Crippen LogP contribution is 2.37. The van der Waals surface area contributed by atoms with Crippen LogP contribution in [0.1, 0.15) is 10.4 Å². The molecule has 6 nitrogen and oxygen atoms in total. The van der Waals surface area contributed by atoms with Gasteiger partial charge in [0.2, 0.25) is 5.91 Å². The zero-order chi connectivity index (χ0) is 18.1. The fourth-order valence-corrected chi connectivity index (χ4v) is 2.50. The highest BCUT2D eigenvalue weighted by atomic mass is 19.3. The molecule has 0 aliphatic carbocycles. The van der Waals surface area contributed by atoms with Gasteiger partial charge in [-0.15, -0.1) is 0 Å². The highest BCUT2D eigenvalue weighted by Gasteiger charge is 2.20. The van der Waals surface area contributed by atoms with Gasteiger partial charge >= 0.3 is 6.61 Å². The first-order valence-electron chi connectivity index (χ1n) is 7.01. The van der Waals surface area contributed by atoms with E-state index < -0.39 is 18.3 Å². The van der Waals surface area contributed by atoms with Crippen LogP contribution >= 0.6 is 0 Å². The van der Waals surface area contributed by atoms with Crippen LogP contribution in [0.2, 0.25) is 0 Å². The zero-order valence-electron chi connectivity index (χ0n) is 12.8. The molecule has 0 aliphatic rings. The van der Waals surface area contributed by atoms with Crippen LogP contribution in [0.3, 0.4) is 0 Å². The Bertz CT molecular complexity index is 956. The van der Waals surface area contributed by atoms with Crippen LogP contribution in [0.5, 0.6) is 11.5 Å². The number of nitrogens with one attached hydrogen (secondary N) is 1. The molecule has 0 bridgehead atoms. The second-order valence-electron chi connectivity index (χ2n) is 5.05. The van der Waals surface area contributed by atoms with Crippen LogP contribution < -0.4 is 15.2 Å². The third-order valence-electron chi connectivity index (χ3n) is 3.56. The molecule has 0 radical (unpaired) electrons. The lowest BCUT2D eigenvalue weighted by atomic mass is 10.0. The quantitative estimate of drug-likeness (QED) is 0.739. The Morgan fingerprint density at radius 2 is 2.04 bits per heavy atom. The maximum absolute atomic E-state index is 13.7. The topological polar surface area (TPSA) is 90.2 Å². The molecule has 1 amide bonds. The number of alkyl halides is 2. The van der Waals surface area contributed by atoms with Crippen molar-refractivity contribution in [3.63, 3.8) is 0 Å². The molecule has 0 aliphatic heterocycles. The monoisotopic (exact) mass is 351 g/mol. The van der Waals surface area contributed by atoms with Crippen molar-refractivity contribution in [2.24, 2.45) is 5.73 Å². The number of hydrogen-bond acceptors (Lipinski definition) is 4. The molecule has 0 spiro atoms. The van der Waals surface area contributed by atoms with Crippen molar-refractivity contribution in [3.05, 3.63) is 41.7 Å². The predicted octanol–water partition coefficient (Wildman–Crippen LogP) is 3.08. The Hall–Kier alpha value is -3.23. The number of aromatic nitrogens is 2. The van der Waals surface area contributed by atoms with Crippen molar-refractivity contribution in [3.8, 4) is 22.8 Å². The minimum absolute atomic E-state index is 0.0361. The smallest absolute Gasteiger partial charge is 0.387 e. The Labute approximate surface area is 139 Å². The van der Waals surface area contributed by atoms with Gasteiger partial charge in [-0.05, 0) is 24.3 Å². The van der Waals surface area contributed by atoms with E-state index in [2.05, 4.69) is 14.9 Å². The summed E-state index contributed by atoms with van der Waals surface area (Å²) >= 11 is 0. The number of amides is 1. The van der Waals surface area contributed by atoms with Crippen molar-refractivity contribution in [2.45, 2.75) is 6.61 Å². The van der Waals surface area contributed by atoms with E-state index in [0.29, 0.717) is 5.39 Å². The number of fused-ring (bicyclic) bond motifs is 1. The summed E-state index contributed by atoms with van der Waals surface area (Å²) in [4.78, 5) is 11.6. The first kappa shape index (κ1) is 16.6. The van der Waals surface area contributed by atoms with Gasteiger partial charge in [0, 0.05) is 22.6 Å². The summed E-state index contributed by atoms with van der Waals surface area (Å²) in [7, 11) is 1.35. The second kappa shape index (κ2) is 6.34. The van der Waals surface area contributed by atoms with Gasteiger partial charge in [-0.2, -0.15) is 13.9 Å². The Morgan fingerprint density at radius 1 is 1.28 bits per heavy atom. The number of nitrogens with zero attached hydrogens (tertiary/aromatic N) is 1. The van der Waals surface area contributed by atoms with E-state index in [-0.39, 0.29) is 33.8 Å². The van der Waals surface area contributed by atoms with Gasteiger partial charge in [0.15, 0.2) is 5.75 Å². The minimum Gasteiger partial charge on any atom is -0.497 e. The number of carbonyl (C=O) groups excluding carboxylic acids is 1. The van der Waals surface area contributed by atoms with Crippen LogP contribution in [-0.2, 0) is 0 Å². The first-order chi connectivity index (χ1) is 11.9. The first-order valence-corrected chi connectivity index (χ1v) is 7.01. The zero-order valence-corrected chi connectivity index (χ0v) is 12.8. The van der Waals surface area contributed by atoms with Crippen LogP contribution in [0.25, 0.3) is 22.2 Å². The molecular weight excluding hydrogens is 339 g/mol. The van der Waals surface area contributed by atoms with E-state index in [4.69, 9.17) is 10.5 Å². The summed E-state index contributed by atoms with van der Waals surface area (Å²) in [6.07, 6.45) is 0. The molecule has 1 heterocycles. The average Bonchev–Trinajstić information content (AvgIpc) is 2.97. The molecule has 130 valence electrons. The molecule has 0 saturated carbocycles. The number of ether oxygens (including phenoxy) is 2. The SMILES string of the molecule is COc1cc(OC(F)F)c2[nH]nc(-c3cc(F)ccc3C(N)=O)c2c1. The summed E-state index contributed by atoms with van der Waals surface area (Å²) in [5.41, 5.74) is 5.78. The molecule has 0 unspecified atom stereocenters. The van der Waals surface area contributed by atoms with E-state index in [1.807, 2.05) is 0 Å². The summed E-state index contributed by atoms with van der Waals surface area (Å²) in [6, 6.07) is 6.16. The molecule has 0 fully saturated rings. The van der Waals surface area contributed by atoms with Gasteiger partial charge < -0.3 is 15.2 Å². The molecular formula is C16H12F3N3O3. The van der Waals surface area contributed by atoms with E-state index in [1.165, 1.54) is 25.3 Å². The standard InChI is InChI=1S/C16H12F3N3O3/c1-24-8-5-11-13(10-4-7(17)2-3-9(10)15(20)23)21-22-14(11)12(6-8)25-16(18)19/h2-6,16H,1H3,(H2,20,23)(H,21,22). The van der Waals surface area contributed by atoms with Gasteiger partial charge in [-0.3, -0.25) is 9.89 Å². The number of primary amides is 1. The van der Waals surface area contributed by atoms with Gasteiger partial charge in [0.1, 0.15) is 22.8 Å². The van der Waals surface area contributed by atoms with Crippen molar-refractivity contribution in [2.75, 3.05) is 7.11 Å². The summed E-state index contributed by atoms with van der Waals surface area (Å²) < 4.78 is 48.5. The lowest BCUT2D eigenvalue weighted by Gasteiger charge is -2.09. The normalized spacial score (nSPS) is 11.1. The second-order valence-corrected chi connectivity index (χ2v) is 5.05. The molecule has 1 aromatic heterocycles. The van der Waals surface area contributed by atoms with Crippen LogP contribution in [0.15, 0.2) is 30.3 Å².